The molecule has 1 fully saturated rings. The molecule has 2 nitrogen and oxygen atoms in total. The summed E-state index contributed by atoms with van der Waals surface area (Å²) in [6.45, 7) is 0.716. The van der Waals surface area contributed by atoms with Crippen LogP contribution in [-0.4, -0.2) is 29.5 Å². The van der Waals surface area contributed by atoms with Gasteiger partial charge in [-0.25, -0.2) is 0 Å². The highest BCUT2D eigenvalue weighted by Crippen LogP contribution is 2.10. The lowest BCUT2D eigenvalue weighted by Gasteiger charge is -2.03. The van der Waals surface area contributed by atoms with Gasteiger partial charge in [-0.3, -0.25) is 0 Å². The summed E-state index contributed by atoms with van der Waals surface area (Å²) in [4.78, 5) is 0. The van der Waals surface area contributed by atoms with Gasteiger partial charge in [0.1, 0.15) is 0 Å². The summed E-state index contributed by atoms with van der Waals surface area (Å²) in [5.41, 5.74) is 0. The molecule has 0 spiro atoms. The molecule has 3 heteroatoms. The minimum Gasteiger partial charge on any atom is -0.367 e. The molecule has 1 N–H and O–H groups in total. The van der Waals surface area contributed by atoms with E-state index in [1.54, 1.807) is 11.8 Å². The normalized spacial score (nSPS) is 31.9. The van der Waals surface area contributed by atoms with Gasteiger partial charge in [0.15, 0.2) is 6.29 Å². The van der Waals surface area contributed by atoms with E-state index in [0.717, 1.165) is 17.9 Å². The molecule has 1 rings (SSSR count). The number of aliphatic hydroxyl groups is 1. The number of hydrogen-bond acceptors (Lipinski definition) is 3. The second kappa shape index (κ2) is 3.33. The summed E-state index contributed by atoms with van der Waals surface area (Å²) in [5, 5.41) is 8.85. The van der Waals surface area contributed by atoms with Crippen LogP contribution in [0.5, 0.6) is 0 Å². The molecule has 0 unspecified atom stereocenters. The van der Waals surface area contributed by atoms with Crippen molar-refractivity contribution in [2.24, 2.45) is 0 Å². The topological polar surface area (TPSA) is 29.5 Å². The molecule has 1 aliphatic heterocycles. The predicted octanol–water partition coefficient (Wildman–Crippen LogP) is 0.458. The Morgan fingerprint density at radius 3 is 3.38 bits per heavy atom. The van der Waals surface area contributed by atoms with Gasteiger partial charge >= 0.3 is 0 Å². The minimum atomic E-state index is -0.512. The van der Waals surface area contributed by atoms with Crippen molar-refractivity contribution in [1.82, 2.24) is 0 Å². The Hall–Kier alpha value is 0.270. The van der Waals surface area contributed by atoms with E-state index in [1.165, 1.54) is 0 Å². The zero-order valence-corrected chi connectivity index (χ0v) is 5.49. The molecular formula is C5H10O2S. The van der Waals surface area contributed by atoms with Crippen molar-refractivity contribution in [2.45, 2.75) is 12.7 Å². The molecule has 0 aromatic heterocycles. The van der Waals surface area contributed by atoms with Crippen molar-refractivity contribution in [3.05, 3.63) is 0 Å². The summed E-state index contributed by atoms with van der Waals surface area (Å²) < 4.78 is 4.94. The van der Waals surface area contributed by atoms with Crippen LogP contribution in [0, 0.1) is 0 Å². The van der Waals surface area contributed by atoms with Crippen molar-refractivity contribution in [2.75, 3.05) is 18.1 Å². The average molecular weight is 134 g/mol. The van der Waals surface area contributed by atoms with Gasteiger partial charge in [-0.1, -0.05) is 0 Å². The number of aliphatic hydroxyl groups excluding tert-OH is 1. The molecular weight excluding hydrogens is 124 g/mol. The first-order chi connectivity index (χ1) is 3.89. The van der Waals surface area contributed by atoms with Crippen LogP contribution in [0.2, 0.25) is 0 Å². The standard InChI is InChI=1S/C5H10O2S/c6-5-4-8-3-1-2-7-5/h5-6H,1-4H2/t5-/m0/s1. The Labute approximate surface area is 53.2 Å². The van der Waals surface area contributed by atoms with Gasteiger partial charge in [0, 0.05) is 5.75 Å². The van der Waals surface area contributed by atoms with E-state index >= 15 is 0 Å². The first-order valence-corrected chi connectivity index (χ1v) is 3.92. The molecule has 0 aromatic carbocycles. The Kier molecular flexibility index (Phi) is 2.66. The SMILES string of the molecule is O[C@@H]1CSCCCO1. The number of rotatable bonds is 0. The highest BCUT2D eigenvalue weighted by Gasteiger charge is 2.06. The van der Waals surface area contributed by atoms with Crippen LogP contribution >= 0.6 is 11.8 Å². The Bertz CT molecular complexity index is 59.4. The number of hydrogen-bond donors (Lipinski definition) is 1. The maximum atomic E-state index is 8.85. The lowest BCUT2D eigenvalue weighted by Crippen LogP contribution is -2.12. The summed E-state index contributed by atoms with van der Waals surface area (Å²) in [7, 11) is 0. The quantitative estimate of drug-likeness (QED) is 0.522. The molecule has 1 heterocycles. The summed E-state index contributed by atoms with van der Waals surface area (Å²) in [6.07, 6.45) is 0.560. The molecule has 0 radical (unpaired) electrons. The minimum absolute atomic E-state index is 0.512. The molecule has 0 aromatic rings. The van der Waals surface area contributed by atoms with Gasteiger partial charge in [0.25, 0.3) is 0 Å². The molecule has 1 saturated heterocycles. The average Bonchev–Trinajstić information content (AvgIpc) is 1.94. The maximum absolute atomic E-state index is 8.85. The molecule has 8 heavy (non-hydrogen) atoms. The van der Waals surface area contributed by atoms with Crippen LogP contribution in [0.3, 0.4) is 0 Å². The van der Waals surface area contributed by atoms with Crippen molar-refractivity contribution >= 4 is 11.8 Å². The van der Waals surface area contributed by atoms with Crippen LogP contribution in [0.4, 0.5) is 0 Å². The fourth-order valence-corrected chi connectivity index (χ4v) is 1.40. The lowest BCUT2D eigenvalue weighted by molar-refractivity contribution is -0.0789. The third-order valence-corrected chi connectivity index (χ3v) is 2.10. The van der Waals surface area contributed by atoms with Crippen molar-refractivity contribution < 1.29 is 9.84 Å². The van der Waals surface area contributed by atoms with Gasteiger partial charge in [-0.2, -0.15) is 11.8 Å². The van der Waals surface area contributed by atoms with Gasteiger partial charge in [0.2, 0.25) is 0 Å². The van der Waals surface area contributed by atoms with Gasteiger partial charge in [-0.05, 0) is 12.2 Å². The molecule has 0 aliphatic carbocycles. The zero-order chi connectivity index (χ0) is 5.82. The smallest absolute Gasteiger partial charge is 0.163 e. The second-order valence-electron chi connectivity index (χ2n) is 1.75. The largest absolute Gasteiger partial charge is 0.367 e. The fourth-order valence-electron chi connectivity index (χ4n) is 0.613. The number of thioether (sulfide) groups is 1. The first-order valence-electron chi connectivity index (χ1n) is 2.77. The molecule has 48 valence electrons. The molecule has 1 atom stereocenters. The first kappa shape index (κ1) is 6.39. The highest BCUT2D eigenvalue weighted by molar-refractivity contribution is 7.99. The Morgan fingerprint density at radius 2 is 2.50 bits per heavy atom. The summed E-state index contributed by atoms with van der Waals surface area (Å²) in [5.74, 6) is 1.86. The lowest BCUT2D eigenvalue weighted by atomic mass is 10.5. The highest BCUT2D eigenvalue weighted by atomic mass is 32.2. The molecule has 0 bridgehead atoms. The third-order valence-electron chi connectivity index (χ3n) is 1.00. The van der Waals surface area contributed by atoms with Crippen molar-refractivity contribution in [1.29, 1.82) is 0 Å². The Morgan fingerprint density at radius 1 is 1.62 bits per heavy atom. The van der Waals surface area contributed by atoms with E-state index in [9.17, 15) is 0 Å². The van der Waals surface area contributed by atoms with Crippen molar-refractivity contribution in [3.8, 4) is 0 Å². The van der Waals surface area contributed by atoms with E-state index in [2.05, 4.69) is 0 Å². The van der Waals surface area contributed by atoms with Crippen molar-refractivity contribution in [3.63, 3.8) is 0 Å². The van der Waals surface area contributed by atoms with E-state index in [4.69, 9.17) is 9.84 Å². The second-order valence-corrected chi connectivity index (χ2v) is 2.90. The van der Waals surface area contributed by atoms with Crippen LogP contribution in [0.1, 0.15) is 6.42 Å². The maximum Gasteiger partial charge on any atom is 0.163 e. The van der Waals surface area contributed by atoms with E-state index in [0.29, 0.717) is 6.61 Å². The zero-order valence-electron chi connectivity index (χ0n) is 4.67. The van der Waals surface area contributed by atoms with Crippen LogP contribution in [-0.2, 0) is 4.74 Å². The molecule has 0 saturated carbocycles. The van der Waals surface area contributed by atoms with Gasteiger partial charge in [0.05, 0.1) is 6.61 Å². The van der Waals surface area contributed by atoms with E-state index < -0.39 is 6.29 Å². The molecule has 0 amide bonds. The number of ether oxygens (including phenoxy) is 1. The van der Waals surface area contributed by atoms with Crippen LogP contribution in [0.25, 0.3) is 0 Å². The van der Waals surface area contributed by atoms with Gasteiger partial charge < -0.3 is 9.84 Å². The third kappa shape index (κ3) is 2.03. The van der Waals surface area contributed by atoms with Crippen LogP contribution < -0.4 is 0 Å². The Balaban J connectivity index is 2.17. The fraction of sp³-hybridized carbons (Fsp3) is 1.00. The summed E-state index contributed by atoms with van der Waals surface area (Å²) >= 11 is 1.75. The van der Waals surface area contributed by atoms with E-state index in [1.807, 2.05) is 0 Å². The van der Waals surface area contributed by atoms with E-state index in [-0.39, 0.29) is 0 Å². The van der Waals surface area contributed by atoms with Gasteiger partial charge in [-0.15, -0.1) is 0 Å². The predicted molar refractivity (Wildman–Crippen MR) is 33.9 cm³/mol. The monoisotopic (exact) mass is 134 g/mol. The molecule has 1 aliphatic rings. The van der Waals surface area contributed by atoms with Crippen LogP contribution in [0.15, 0.2) is 0 Å². The summed E-state index contributed by atoms with van der Waals surface area (Å²) in [6, 6.07) is 0.